The molecule has 0 spiro atoms. The topological polar surface area (TPSA) is 90.5 Å². The third-order valence-corrected chi connectivity index (χ3v) is 6.09. The number of amides is 3. The van der Waals surface area contributed by atoms with E-state index in [0.29, 0.717) is 28.5 Å². The van der Waals surface area contributed by atoms with E-state index in [4.69, 9.17) is 0 Å². The van der Waals surface area contributed by atoms with Crippen LogP contribution in [0.15, 0.2) is 48.0 Å². The highest BCUT2D eigenvalue weighted by molar-refractivity contribution is 7.13. The van der Waals surface area contributed by atoms with Crippen LogP contribution < -0.4 is 15.5 Å². The first-order chi connectivity index (χ1) is 16.0. The molecule has 0 radical (unpaired) electrons. The Morgan fingerprint density at radius 1 is 1.21 bits per heavy atom. The zero-order chi connectivity index (χ0) is 23.2. The van der Waals surface area contributed by atoms with Crippen LogP contribution >= 0.6 is 11.3 Å². The highest BCUT2D eigenvalue weighted by Crippen LogP contribution is 2.24. The predicted octanol–water partition coefficient (Wildman–Crippen LogP) is 3.87. The van der Waals surface area contributed by atoms with Gasteiger partial charge >= 0.3 is 6.03 Å². The first kappa shape index (κ1) is 22.7. The van der Waals surface area contributed by atoms with Gasteiger partial charge in [0.05, 0.1) is 17.8 Å². The molecule has 172 valence electrons. The molecule has 2 aromatic heterocycles. The van der Waals surface area contributed by atoms with Crippen LogP contribution in [0.1, 0.15) is 34.5 Å². The third-order valence-electron chi connectivity index (χ3n) is 5.28. The normalized spacial score (nSPS) is 13.1. The fraction of sp³-hybridized carbons (Fsp3) is 0.304. The number of carbonyl (C=O) groups excluding carboxylic acids is 2. The van der Waals surface area contributed by atoms with E-state index in [-0.39, 0.29) is 18.3 Å². The van der Waals surface area contributed by atoms with Gasteiger partial charge in [0.15, 0.2) is 5.13 Å². The van der Waals surface area contributed by atoms with Crippen molar-refractivity contribution in [2.75, 3.05) is 30.4 Å². The van der Waals surface area contributed by atoms with Gasteiger partial charge in [0.25, 0.3) is 5.91 Å². The molecule has 1 fully saturated rings. The lowest BCUT2D eigenvalue weighted by Crippen LogP contribution is -2.30. The second-order valence-electron chi connectivity index (χ2n) is 7.81. The van der Waals surface area contributed by atoms with Gasteiger partial charge in [-0.2, -0.15) is 0 Å². The monoisotopic (exact) mass is 468 g/mol. The van der Waals surface area contributed by atoms with Crippen molar-refractivity contribution in [2.45, 2.75) is 25.9 Å². The number of nitrogens with zero attached hydrogens (tertiary/aromatic N) is 4. The van der Waals surface area contributed by atoms with E-state index in [1.165, 1.54) is 23.5 Å². The van der Waals surface area contributed by atoms with Crippen molar-refractivity contribution >= 4 is 34.2 Å². The highest BCUT2D eigenvalue weighted by Gasteiger charge is 2.23. The van der Waals surface area contributed by atoms with Gasteiger partial charge in [-0.3, -0.25) is 10.1 Å². The summed E-state index contributed by atoms with van der Waals surface area (Å²) in [4.78, 5) is 37.8. The molecule has 0 aliphatic carbocycles. The highest BCUT2D eigenvalue weighted by atomic mass is 32.1. The summed E-state index contributed by atoms with van der Waals surface area (Å²) in [5.74, 6) is 0.250. The third kappa shape index (κ3) is 5.83. The van der Waals surface area contributed by atoms with Gasteiger partial charge in [0, 0.05) is 38.3 Å². The number of thiazole rings is 1. The van der Waals surface area contributed by atoms with Crippen LogP contribution in [0.2, 0.25) is 0 Å². The molecular weight excluding hydrogens is 443 g/mol. The Kier molecular flexibility index (Phi) is 7.13. The Bertz CT molecular complexity index is 1130. The fourth-order valence-corrected chi connectivity index (χ4v) is 4.37. The lowest BCUT2D eigenvalue weighted by atomic mass is 10.2. The standard InChI is InChI=1S/C23H25FN6O2S/c1-29(21(31)19-8-5-9-25-20(19)30-10-2-3-11-30)14-18-15-33-23(27-18)28-22(32)26-13-16-6-4-7-17(24)12-16/h4-9,12,15H,2-3,10-11,13-14H2,1H3,(H2,26,27,28,32). The summed E-state index contributed by atoms with van der Waals surface area (Å²) in [6.07, 6.45) is 3.91. The zero-order valence-electron chi connectivity index (χ0n) is 18.3. The van der Waals surface area contributed by atoms with E-state index in [2.05, 4.69) is 25.5 Å². The number of urea groups is 1. The van der Waals surface area contributed by atoms with E-state index >= 15 is 0 Å². The average molecular weight is 469 g/mol. The summed E-state index contributed by atoms with van der Waals surface area (Å²) in [6.45, 7) is 2.31. The van der Waals surface area contributed by atoms with Crippen LogP contribution in [0.3, 0.4) is 0 Å². The Morgan fingerprint density at radius 2 is 2.03 bits per heavy atom. The maximum absolute atomic E-state index is 13.2. The van der Waals surface area contributed by atoms with Crippen molar-refractivity contribution in [3.05, 3.63) is 70.6 Å². The predicted molar refractivity (Wildman–Crippen MR) is 126 cm³/mol. The van der Waals surface area contributed by atoms with Gasteiger partial charge in [-0.05, 0) is 42.7 Å². The summed E-state index contributed by atoms with van der Waals surface area (Å²) in [6, 6.07) is 9.18. The van der Waals surface area contributed by atoms with E-state index in [0.717, 1.165) is 31.7 Å². The number of anilines is 2. The second-order valence-corrected chi connectivity index (χ2v) is 8.67. The van der Waals surface area contributed by atoms with Crippen molar-refractivity contribution in [3.8, 4) is 0 Å². The van der Waals surface area contributed by atoms with Crippen LogP contribution in [0, 0.1) is 5.82 Å². The van der Waals surface area contributed by atoms with Crippen LogP contribution in [-0.4, -0.2) is 46.9 Å². The Morgan fingerprint density at radius 3 is 2.82 bits per heavy atom. The smallest absolute Gasteiger partial charge is 0.321 e. The van der Waals surface area contributed by atoms with Crippen molar-refractivity contribution in [2.24, 2.45) is 0 Å². The summed E-state index contributed by atoms with van der Waals surface area (Å²) in [5.41, 5.74) is 1.91. The molecule has 0 unspecified atom stereocenters. The molecule has 1 aliphatic rings. The minimum Gasteiger partial charge on any atom is -0.356 e. The molecule has 1 aliphatic heterocycles. The zero-order valence-corrected chi connectivity index (χ0v) is 19.1. The van der Waals surface area contributed by atoms with Crippen LogP contribution in [0.5, 0.6) is 0 Å². The number of aromatic nitrogens is 2. The molecule has 8 nitrogen and oxygen atoms in total. The number of halogens is 1. The Balaban J connectivity index is 1.32. The molecule has 0 atom stereocenters. The number of benzene rings is 1. The van der Waals surface area contributed by atoms with E-state index in [1.54, 1.807) is 47.8 Å². The lowest BCUT2D eigenvalue weighted by molar-refractivity contribution is 0.0784. The Labute approximate surface area is 195 Å². The summed E-state index contributed by atoms with van der Waals surface area (Å²) < 4.78 is 13.2. The first-order valence-corrected chi connectivity index (χ1v) is 11.6. The molecule has 0 saturated carbocycles. The fourth-order valence-electron chi connectivity index (χ4n) is 3.67. The maximum Gasteiger partial charge on any atom is 0.321 e. The van der Waals surface area contributed by atoms with Gasteiger partial charge in [-0.25, -0.2) is 19.2 Å². The first-order valence-electron chi connectivity index (χ1n) is 10.7. The summed E-state index contributed by atoms with van der Waals surface area (Å²) >= 11 is 1.27. The van der Waals surface area contributed by atoms with Crippen LogP contribution in [0.25, 0.3) is 0 Å². The van der Waals surface area contributed by atoms with E-state index < -0.39 is 6.03 Å². The molecule has 3 heterocycles. The minimum atomic E-state index is -0.435. The molecule has 1 saturated heterocycles. The molecule has 3 amide bonds. The lowest BCUT2D eigenvalue weighted by Gasteiger charge is -2.22. The number of hydrogen-bond acceptors (Lipinski definition) is 6. The molecular formula is C23H25FN6O2S. The molecule has 2 N–H and O–H groups in total. The molecule has 0 bridgehead atoms. The van der Waals surface area contributed by atoms with E-state index in [1.807, 2.05) is 0 Å². The van der Waals surface area contributed by atoms with Gasteiger partial charge in [0.1, 0.15) is 11.6 Å². The van der Waals surface area contributed by atoms with Gasteiger partial charge in [-0.1, -0.05) is 12.1 Å². The number of pyridine rings is 1. The second kappa shape index (κ2) is 10.4. The maximum atomic E-state index is 13.2. The number of carbonyl (C=O) groups is 2. The average Bonchev–Trinajstić information content (AvgIpc) is 3.50. The summed E-state index contributed by atoms with van der Waals surface area (Å²) in [5, 5.41) is 7.56. The molecule has 4 rings (SSSR count). The van der Waals surface area contributed by atoms with Crippen molar-refractivity contribution in [3.63, 3.8) is 0 Å². The summed E-state index contributed by atoms with van der Waals surface area (Å²) in [7, 11) is 1.72. The van der Waals surface area contributed by atoms with Crippen molar-refractivity contribution in [1.29, 1.82) is 0 Å². The molecule has 3 aromatic rings. The van der Waals surface area contributed by atoms with Gasteiger partial charge < -0.3 is 15.1 Å². The number of hydrogen-bond donors (Lipinski definition) is 2. The number of rotatable bonds is 7. The van der Waals surface area contributed by atoms with Crippen LogP contribution in [-0.2, 0) is 13.1 Å². The van der Waals surface area contributed by atoms with Gasteiger partial charge in [0.2, 0.25) is 0 Å². The molecule has 33 heavy (non-hydrogen) atoms. The largest absolute Gasteiger partial charge is 0.356 e. The van der Waals surface area contributed by atoms with Crippen molar-refractivity contribution < 1.29 is 14.0 Å². The quantitative estimate of drug-likeness (QED) is 0.549. The van der Waals surface area contributed by atoms with E-state index in [9.17, 15) is 14.0 Å². The van der Waals surface area contributed by atoms with Crippen molar-refractivity contribution in [1.82, 2.24) is 20.2 Å². The van der Waals surface area contributed by atoms with Gasteiger partial charge in [-0.15, -0.1) is 11.3 Å². The molecule has 1 aromatic carbocycles. The minimum absolute atomic E-state index is 0.125. The van der Waals surface area contributed by atoms with Crippen LogP contribution in [0.4, 0.5) is 20.1 Å². The molecule has 10 heteroatoms. The SMILES string of the molecule is CN(Cc1csc(NC(=O)NCc2cccc(F)c2)n1)C(=O)c1cccnc1N1CCCC1. The Hall–Kier alpha value is -3.53. The number of nitrogens with one attached hydrogen (secondary N) is 2.